The van der Waals surface area contributed by atoms with Gasteiger partial charge in [-0.3, -0.25) is 0 Å². The van der Waals surface area contributed by atoms with Crippen LogP contribution in [0.15, 0.2) is 0 Å². The topological polar surface area (TPSA) is 55.6 Å². The van der Waals surface area contributed by atoms with Crippen molar-refractivity contribution >= 4 is 0 Å². The molecule has 2 aromatic rings. The molecular formula is C11H8F5N5. The van der Waals surface area contributed by atoms with Crippen LogP contribution in [0.4, 0.5) is 22.0 Å². The fourth-order valence-electron chi connectivity index (χ4n) is 1.79. The molecule has 0 spiro atoms. The van der Waals surface area contributed by atoms with Gasteiger partial charge >= 0.3 is 0 Å². The van der Waals surface area contributed by atoms with Crippen molar-refractivity contribution in [2.45, 2.75) is 25.4 Å². The number of halogens is 5. The van der Waals surface area contributed by atoms with Gasteiger partial charge in [-0.25, -0.2) is 22.0 Å². The van der Waals surface area contributed by atoms with Crippen molar-refractivity contribution in [2.24, 2.45) is 0 Å². The first-order valence-corrected chi connectivity index (χ1v) is 6.03. The fraction of sp³-hybridized carbons (Fsp3) is 0.364. The van der Waals surface area contributed by atoms with Gasteiger partial charge in [0, 0.05) is 6.04 Å². The zero-order valence-corrected chi connectivity index (χ0v) is 10.4. The van der Waals surface area contributed by atoms with E-state index in [-0.39, 0.29) is 18.4 Å². The molecule has 0 saturated heterocycles. The second-order valence-electron chi connectivity index (χ2n) is 4.58. The second kappa shape index (κ2) is 5.02. The number of rotatable bonds is 4. The Hall–Kier alpha value is -2.10. The van der Waals surface area contributed by atoms with Crippen LogP contribution in [0.1, 0.15) is 18.7 Å². The van der Waals surface area contributed by atoms with Crippen LogP contribution in [0, 0.1) is 29.1 Å². The molecular weight excluding hydrogens is 297 g/mol. The first kappa shape index (κ1) is 13.9. The van der Waals surface area contributed by atoms with Crippen LogP contribution < -0.4 is 5.32 Å². The molecule has 1 heterocycles. The molecule has 1 aliphatic rings. The summed E-state index contributed by atoms with van der Waals surface area (Å²) < 4.78 is 67.3. The van der Waals surface area contributed by atoms with Crippen molar-refractivity contribution in [1.82, 2.24) is 25.5 Å². The minimum atomic E-state index is -2.22. The molecule has 21 heavy (non-hydrogen) atoms. The standard InChI is InChI=1S/C11H8F5N5/c12-6-7(13)9(15)11(10(16)8(6)14)21-5(18-19-20-21)3-17-4-1-2-4/h4,17H,1-3H2. The molecule has 0 radical (unpaired) electrons. The van der Waals surface area contributed by atoms with Gasteiger partial charge in [0.25, 0.3) is 0 Å². The Morgan fingerprint density at radius 3 is 2.10 bits per heavy atom. The minimum Gasteiger partial charge on any atom is -0.307 e. The van der Waals surface area contributed by atoms with Gasteiger partial charge < -0.3 is 5.32 Å². The largest absolute Gasteiger partial charge is 0.307 e. The molecule has 1 N–H and O–H groups in total. The van der Waals surface area contributed by atoms with E-state index < -0.39 is 34.8 Å². The SMILES string of the molecule is Fc1c(F)c(F)c(-n2nnnc2CNC2CC2)c(F)c1F. The maximum Gasteiger partial charge on any atom is 0.200 e. The van der Waals surface area contributed by atoms with E-state index in [4.69, 9.17) is 0 Å². The van der Waals surface area contributed by atoms with E-state index in [1.54, 1.807) is 0 Å². The summed E-state index contributed by atoms with van der Waals surface area (Å²) in [5.41, 5.74) is -1.19. The fourth-order valence-corrected chi connectivity index (χ4v) is 1.79. The summed E-state index contributed by atoms with van der Waals surface area (Å²) >= 11 is 0. The molecule has 0 amide bonds. The molecule has 0 aliphatic heterocycles. The van der Waals surface area contributed by atoms with Gasteiger partial charge in [0.05, 0.1) is 6.54 Å². The summed E-state index contributed by atoms with van der Waals surface area (Å²) in [5.74, 6) is -10.3. The zero-order valence-electron chi connectivity index (χ0n) is 10.4. The Bertz CT molecular complexity index is 668. The smallest absolute Gasteiger partial charge is 0.200 e. The number of hydrogen-bond donors (Lipinski definition) is 1. The maximum absolute atomic E-state index is 13.7. The molecule has 1 fully saturated rings. The quantitative estimate of drug-likeness (QED) is 0.530. The summed E-state index contributed by atoms with van der Waals surface area (Å²) in [6.45, 7) is 0.0527. The highest BCUT2D eigenvalue weighted by Crippen LogP contribution is 2.26. The number of hydrogen-bond acceptors (Lipinski definition) is 4. The maximum atomic E-state index is 13.7. The summed E-state index contributed by atoms with van der Waals surface area (Å²) in [6.07, 6.45) is 1.90. The van der Waals surface area contributed by atoms with E-state index in [0.717, 1.165) is 12.8 Å². The lowest BCUT2D eigenvalue weighted by Crippen LogP contribution is -2.20. The summed E-state index contributed by atoms with van der Waals surface area (Å²) in [4.78, 5) is 0. The molecule has 0 atom stereocenters. The van der Waals surface area contributed by atoms with Crippen LogP contribution in [0.3, 0.4) is 0 Å². The summed E-state index contributed by atoms with van der Waals surface area (Å²) in [5, 5.41) is 13.0. The third kappa shape index (κ3) is 2.35. The second-order valence-corrected chi connectivity index (χ2v) is 4.58. The highest BCUT2D eigenvalue weighted by atomic mass is 19.2. The third-order valence-electron chi connectivity index (χ3n) is 3.06. The Morgan fingerprint density at radius 2 is 1.52 bits per heavy atom. The van der Waals surface area contributed by atoms with Gasteiger partial charge in [0.15, 0.2) is 29.1 Å². The monoisotopic (exact) mass is 305 g/mol. The average Bonchev–Trinajstić information content (AvgIpc) is 3.20. The van der Waals surface area contributed by atoms with Gasteiger partial charge in [-0.05, 0) is 23.3 Å². The van der Waals surface area contributed by atoms with Crippen molar-refractivity contribution in [2.75, 3.05) is 0 Å². The number of nitrogens with zero attached hydrogens (tertiary/aromatic N) is 4. The van der Waals surface area contributed by atoms with Crippen molar-refractivity contribution in [3.63, 3.8) is 0 Å². The molecule has 3 rings (SSSR count). The van der Waals surface area contributed by atoms with Crippen LogP contribution in [-0.4, -0.2) is 26.2 Å². The van der Waals surface area contributed by atoms with Crippen LogP contribution >= 0.6 is 0 Å². The molecule has 0 bridgehead atoms. The van der Waals surface area contributed by atoms with E-state index in [1.165, 1.54) is 0 Å². The van der Waals surface area contributed by atoms with Gasteiger partial charge in [-0.1, -0.05) is 0 Å². The highest BCUT2D eigenvalue weighted by molar-refractivity contribution is 5.37. The van der Waals surface area contributed by atoms with E-state index in [9.17, 15) is 22.0 Å². The lowest BCUT2D eigenvalue weighted by Gasteiger charge is -2.09. The van der Waals surface area contributed by atoms with Crippen molar-refractivity contribution in [3.05, 3.63) is 34.9 Å². The number of aromatic nitrogens is 4. The Morgan fingerprint density at radius 1 is 0.952 bits per heavy atom. The molecule has 1 aromatic carbocycles. The first-order chi connectivity index (χ1) is 10.0. The number of tetrazole rings is 1. The zero-order chi connectivity index (χ0) is 15.1. The lowest BCUT2D eigenvalue weighted by atomic mass is 10.2. The van der Waals surface area contributed by atoms with Crippen molar-refractivity contribution in [3.8, 4) is 5.69 Å². The normalized spacial score (nSPS) is 14.7. The molecule has 0 unspecified atom stereocenters. The van der Waals surface area contributed by atoms with Gasteiger partial charge in [-0.2, -0.15) is 4.68 Å². The van der Waals surface area contributed by atoms with E-state index in [0.29, 0.717) is 4.68 Å². The predicted molar refractivity (Wildman–Crippen MR) is 58.8 cm³/mol. The van der Waals surface area contributed by atoms with E-state index in [1.807, 2.05) is 0 Å². The Balaban J connectivity index is 2.06. The predicted octanol–water partition coefficient (Wildman–Crippen LogP) is 1.61. The van der Waals surface area contributed by atoms with Crippen LogP contribution in [0.5, 0.6) is 0 Å². The van der Waals surface area contributed by atoms with Crippen molar-refractivity contribution in [1.29, 1.82) is 0 Å². The number of benzene rings is 1. The van der Waals surface area contributed by atoms with E-state index in [2.05, 4.69) is 20.8 Å². The molecule has 10 heteroatoms. The third-order valence-corrected chi connectivity index (χ3v) is 3.06. The molecule has 112 valence electrons. The first-order valence-electron chi connectivity index (χ1n) is 6.03. The minimum absolute atomic E-state index is 0.0508. The van der Waals surface area contributed by atoms with Crippen molar-refractivity contribution < 1.29 is 22.0 Å². The Kier molecular flexibility index (Phi) is 3.32. The van der Waals surface area contributed by atoms with Gasteiger partial charge in [-0.15, -0.1) is 5.10 Å². The highest BCUT2D eigenvalue weighted by Gasteiger charge is 2.29. The van der Waals surface area contributed by atoms with Crippen LogP contribution in [-0.2, 0) is 6.54 Å². The van der Waals surface area contributed by atoms with Crippen LogP contribution in [0.25, 0.3) is 5.69 Å². The molecule has 1 aromatic heterocycles. The molecule has 5 nitrogen and oxygen atoms in total. The summed E-state index contributed by atoms with van der Waals surface area (Å²) in [7, 11) is 0. The lowest BCUT2D eigenvalue weighted by molar-refractivity contribution is 0.372. The van der Waals surface area contributed by atoms with Gasteiger partial charge in [0.2, 0.25) is 5.82 Å². The molecule has 1 aliphatic carbocycles. The summed E-state index contributed by atoms with van der Waals surface area (Å²) in [6, 6.07) is 0.256. The van der Waals surface area contributed by atoms with Crippen LogP contribution in [0.2, 0.25) is 0 Å². The number of nitrogens with one attached hydrogen (secondary N) is 1. The average molecular weight is 305 g/mol. The van der Waals surface area contributed by atoms with Gasteiger partial charge in [0.1, 0.15) is 5.69 Å². The molecule has 1 saturated carbocycles. The van der Waals surface area contributed by atoms with E-state index >= 15 is 0 Å². The Labute approximate surface area is 114 Å².